The predicted octanol–water partition coefficient (Wildman–Crippen LogP) is 7.53. The number of hydrogen-bond donors (Lipinski definition) is 0. The van der Waals surface area contributed by atoms with Gasteiger partial charge in [-0.05, 0) is 53.6 Å². The van der Waals surface area contributed by atoms with Gasteiger partial charge in [-0.3, -0.25) is 4.57 Å². The van der Waals surface area contributed by atoms with E-state index in [1.807, 2.05) is 10.8 Å². The number of hydrogen-bond acceptors (Lipinski definition) is 1. The van der Waals surface area contributed by atoms with Gasteiger partial charge in [0.1, 0.15) is 11.6 Å². The molecule has 0 unspecified atom stereocenters. The van der Waals surface area contributed by atoms with Gasteiger partial charge >= 0.3 is 0 Å². The molecule has 0 bridgehead atoms. The molecule has 0 atom stereocenters. The topological polar surface area (TPSA) is 17.8 Å². The summed E-state index contributed by atoms with van der Waals surface area (Å²) in [4.78, 5) is 4.51. The zero-order chi connectivity index (χ0) is 19.7. The van der Waals surface area contributed by atoms with Crippen LogP contribution in [0.25, 0.3) is 17.1 Å². The Bertz CT molecular complexity index is 961. The Hall–Kier alpha value is -1.46. The van der Waals surface area contributed by atoms with Crippen molar-refractivity contribution in [1.82, 2.24) is 9.55 Å². The third kappa shape index (κ3) is 4.19. The van der Waals surface area contributed by atoms with Crippen molar-refractivity contribution < 1.29 is 4.39 Å². The highest BCUT2D eigenvalue weighted by atomic mass is 79.9. The molecule has 0 aliphatic carbocycles. The number of nitrogens with zero attached hydrogens (tertiary/aromatic N) is 2. The van der Waals surface area contributed by atoms with Crippen LogP contribution in [0, 0.1) is 11.7 Å². The second kappa shape index (κ2) is 8.27. The number of halogens is 3. The van der Waals surface area contributed by atoms with Crippen molar-refractivity contribution in [2.24, 2.45) is 5.92 Å². The molecule has 5 heteroatoms. The lowest BCUT2D eigenvalue weighted by atomic mass is 9.97. The van der Waals surface area contributed by atoms with Crippen LogP contribution < -0.4 is 0 Å². The van der Waals surface area contributed by atoms with Gasteiger partial charge in [-0.2, -0.15) is 0 Å². The fourth-order valence-corrected chi connectivity index (χ4v) is 4.59. The van der Waals surface area contributed by atoms with Crippen molar-refractivity contribution >= 4 is 31.9 Å². The van der Waals surface area contributed by atoms with Crippen LogP contribution in [0.4, 0.5) is 4.39 Å². The van der Waals surface area contributed by atoms with Gasteiger partial charge in [-0.25, -0.2) is 9.37 Å². The molecule has 1 aromatic heterocycles. The SMILES string of the molecule is CC(C)Cc1c(Br)ccc(F)c1-c1nccn1-c1ccc(C(C)C)c(Br)c1. The predicted molar refractivity (Wildman–Crippen MR) is 117 cm³/mol. The quantitative estimate of drug-likeness (QED) is 0.359. The minimum absolute atomic E-state index is 0.251. The molecule has 0 saturated heterocycles. The van der Waals surface area contributed by atoms with E-state index in [1.54, 1.807) is 12.3 Å². The fraction of sp³-hybridized carbons (Fsp3) is 0.318. The molecule has 0 N–H and O–H groups in total. The van der Waals surface area contributed by atoms with Gasteiger partial charge in [0.2, 0.25) is 0 Å². The Kier molecular flexibility index (Phi) is 6.21. The van der Waals surface area contributed by atoms with Gasteiger partial charge in [-0.1, -0.05) is 65.6 Å². The van der Waals surface area contributed by atoms with Gasteiger partial charge in [0.15, 0.2) is 0 Å². The number of rotatable bonds is 5. The van der Waals surface area contributed by atoms with Crippen LogP contribution in [0.5, 0.6) is 0 Å². The van der Waals surface area contributed by atoms with Crippen LogP contribution in [-0.2, 0) is 6.42 Å². The van der Waals surface area contributed by atoms with E-state index in [0.717, 1.165) is 26.6 Å². The van der Waals surface area contributed by atoms with E-state index in [2.05, 4.69) is 82.7 Å². The van der Waals surface area contributed by atoms with E-state index >= 15 is 0 Å². The van der Waals surface area contributed by atoms with Crippen LogP contribution in [0.15, 0.2) is 51.7 Å². The van der Waals surface area contributed by atoms with Crippen molar-refractivity contribution in [2.45, 2.75) is 40.0 Å². The van der Waals surface area contributed by atoms with E-state index in [0.29, 0.717) is 23.2 Å². The standard InChI is InChI=1S/C22H23Br2FN2/c1-13(2)11-17-18(23)7-8-20(25)21(17)22-26-9-10-27(22)15-5-6-16(14(3)4)19(24)12-15/h5-10,12-14H,11H2,1-4H3. The van der Waals surface area contributed by atoms with Crippen molar-refractivity contribution in [3.63, 3.8) is 0 Å². The molecule has 0 spiro atoms. The van der Waals surface area contributed by atoms with Gasteiger partial charge in [0, 0.05) is 27.0 Å². The Morgan fingerprint density at radius 1 is 1.04 bits per heavy atom. The molecule has 2 aromatic carbocycles. The Balaban J connectivity index is 2.17. The molecule has 3 aromatic rings. The third-order valence-corrected chi connectivity index (χ3v) is 6.00. The van der Waals surface area contributed by atoms with Gasteiger partial charge < -0.3 is 0 Å². The first-order chi connectivity index (χ1) is 12.8. The summed E-state index contributed by atoms with van der Waals surface area (Å²) in [5.41, 5.74) is 3.71. The van der Waals surface area contributed by atoms with Gasteiger partial charge in [0.25, 0.3) is 0 Å². The first kappa shape index (κ1) is 20.3. The van der Waals surface area contributed by atoms with Crippen LogP contribution in [-0.4, -0.2) is 9.55 Å². The summed E-state index contributed by atoms with van der Waals surface area (Å²) in [7, 11) is 0. The largest absolute Gasteiger partial charge is 0.300 e. The molecule has 27 heavy (non-hydrogen) atoms. The van der Waals surface area contributed by atoms with Crippen molar-refractivity contribution in [3.05, 3.63) is 68.6 Å². The normalized spacial score (nSPS) is 11.6. The van der Waals surface area contributed by atoms with Gasteiger partial charge in [0.05, 0.1) is 5.56 Å². The zero-order valence-electron chi connectivity index (χ0n) is 15.9. The molecule has 0 aliphatic rings. The highest BCUT2D eigenvalue weighted by Gasteiger charge is 2.20. The summed E-state index contributed by atoms with van der Waals surface area (Å²) < 4.78 is 18.8. The maximum Gasteiger partial charge on any atom is 0.147 e. The molecule has 0 saturated carbocycles. The lowest BCUT2D eigenvalue weighted by molar-refractivity contribution is 0.613. The fourth-order valence-electron chi connectivity index (χ4n) is 3.27. The van der Waals surface area contributed by atoms with E-state index in [1.165, 1.54) is 11.6 Å². The van der Waals surface area contributed by atoms with Crippen LogP contribution in [0.2, 0.25) is 0 Å². The molecular formula is C22H23Br2FN2. The smallest absolute Gasteiger partial charge is 0.147 e. The maximum absolute atomic E-state index is 14.9. The van der Waals surface area contributed by atoms with Crippen LogP contribution in [0.1, 0.15) is 44.7 Å². The molecule has 0 radical (unpaired) electrons. The molecule has 142 valence electrons. The second-order valence-electron chi connectivity index (χ2n) is 7.46. The minimum atomic E-state index is -0.251. The monoisotopic (exact) mass is 492 g/mol. The summed E-state index contributed by atoms with van der Waals surface area (Å²) in [5.74, 6) is 1.20. The lowest BCUT2D eigenvalue weighted by Crippen LogP contribution is -2.05. The second-order valence-corrected chi connectivity index (χ2v) is 9.17. The van der Waals surface area contributed by atoms with Crippen molar-refractivity contribution in [2.75, 3.05) is 0 Å². The average molecular weight is 494 g/mol. The highest BCUT2D eigenvalue weighted by molar-refractivity contribution is 9.10. The number of aromatic nitrogens is 2. The van der Waals surface area contributed by atoms with E-state index in [9.17, 15) is 4.39 Å². The zero-order valence-corrected chi connectivity index (χ0v) is 19.1. The maximum atomic E-state index is 14.9. The summed E-state index contributed by atoms with van der Waals surface area (Å²) in [5, 5.41) is 0. The summed E-state index contributed by atoms with van der Waals surface area (Å²) in [6.45, 7) is 8.60. The van der Waals surface area contributed by atoms with Crippen molar-refractivity contribution in [3.8, 4) is 17.1 Å². The van der Waals surface area contributed by atoms with Gasteiger partial charge in [-0.15, -0.1) is 0 Å². The molecule has 0 aliphatic heterocycles. The average Bonchev–Trinajstić information content (AvgIpc) is 3.06. The first-order valence-corrected chi connectivity index (χ1v) is 10.7. The number of imidazole rings is 1. The minimum Gasteiger partial charge on any atom is -0.300 e. The Labute approximate surface area is 177 Å². The Morgan fingerprint density at radius 3 is 2.41 bits per heavy atom. The molecule has 2 nitrogen and oxygen atoms in total. The third-order valence-electron chi connectivity index (χ3n) is 4.57. The first-order valence-electron chi connectivity index (χ1n) is 9.10. The van der Waals surface area contributed by atoms with Crippen molar-refractivity contribution in [1.29, 1.82) is 0 Å². The Morgan fingerprint density at radius 2 is 1.78 bits per heavy atom. The summed E-state index contributed by atoms with van der Waals surface area (Å²) in [6, 6.07) is 9.51. The lowest BCUT2D eigenvalue weighted by Gasteiger charge is -2.17. The summed E-state index contributed by atoms with van der Waals surface area (Å²) >= 11 is 7.27. The molecular weight excluding hydrogens is 471 g/mol. The summed E-state index contributed by atoms with van der Waals surface area (Å²) in [6.07, 6.45) is 4.38. The molecule has 0 fully saturated rings. The number of benzene rings is 2. The van der Waals surface area contributed by atoms with Crippen LogP contribution in [0.3, 0.4) is 0 Å². The molecule has 0 amide bonds. The van der Waals surface area contributed by atoms with E-state index < -0.39 is 0 Å². The van der Waals surface area contributed by atoms with E-state index in [4.69, 9.17) is 0 Å². The molecule has 3 rings (SSSR count). The van der Waals surface area contributed by atoms with E-state index in [-0.39, 0.29) is 5.82 Å². The van der Waals surface area contributed by atoms with Crippen LogP contribution >= 0.6 is 31.9 Å². The highest BCUT2D eigenvalue weighted by Crippen LogP contribution is 2.35. The molecule has 1 heterocycles.